The number of aromatic hydroxyl groups is 1. The zero-order valence-corrected chi connectivity index (χ0v) is 21.3. The van der Waals surface area contributed by atoms with Crippen LogP contribution in [0.1, 0.15) is 17.5 Å². The minimum Gasteiger partial charge on any atom is -0.507 e. The molecule has 1 atom stereocenters. The summed E-state index contributed by atoms with van der Waals surface area (Å²) in [5.41, 5.74) is 5.05. The summed E-state index contributed by atoms with van der Waals surface area (Å²) < 4.78 is 71.2. The molecule has 0 bridgehead atoms. The zero-order chi connectivity index (χ0) is 28.0. The van der Waals surface area contributed by atoms with Crippen LogP contribution < -0.4 is 15.2 Å². The minimum absolute atomic E-state index is 0.00211. The molecule has 3 heterocycles. The average Bonchev–Trinajstić information content (AvgIpc) is 3.39. The highest BCUT2D eigenvalue weighted by molar-refractivity contribution is 7.91. The van der Waals surface area contributed by atoms with Gasteiger partial charge in [-0.2, -0.15) is 17.9 Å². The Kier molecular flexibility index (Phi) is 7.26. The van der Waals surface area contributed by atoms with Gasteiger partial charge in [-0.05, 0) is 36.8 Å². The molecule has 1 aromatic carbocycles. The molecule has 3 aromatic rings. The van der Waals surface area contributed by atoms with Gasteiger partial charge < -0.3 is 20.5 Å². The quantitative estimate of drug-likeness (QED) is 0.106. The number of amides is 1. The number of benzene rings is 1. The predicted molar refractivity (Wildman–Crippen MR) is 130 cm³/mol. The van der Waals surface area contributed by atoms with E-state index < -0.39 is 63.6 Å². The van der Waals surface area contributed by atoms with Gasteiger partial charge in [-0.3, -0.25) is 10.2 Å². The normalized spacial score (nSPS) is 16.3. The lowest BCUT2D eigenvalue weighted by Gasteiger charge is -2.21. The number of amidine groups is 1. The highest BCUT2D eigenvalue weighted by Gasteiger charge is 2.42. The SMILES string of the molecule is N=C(N)c1ccc(OC(=O)C(F)(F)F)c(CN2CC[C@H](NS(=O)(=O)c3cc4nc(Cl)ccc4s3)C2=O)c1O. The first-order valence-corrected chi connectivity index (χ1v) is 13.2. The number of rotatable bonds is 7. The first-order chi connectivity index (χ1) is 17.7. The van der Waals surface area contributed by atoms with E-state index in [9.17, 15) is 36.3 Å². The van der Waals surface area contributed by atoms with Crippen molar-refractivity contribution in [2.24, 2.45) is 5.73 Å². The lowest BCUT2D eigenvalue weighted by molar-refractivity contribution is -0.189. The Balaban J connectivity index is 1.56. The Bertz CT molecular complexity index is 1580. The topological polar surface area (TPSA) is 176 Å². The number of aromatic nitrogens is 1. The molecule has 1 amide bonds. The number of halogens is 4. The number of nitrogens with zero attached hydrogens (tertiary/aromatic N) is 2. The second-order valence-electron chi connectivity index (χ2n) is 8.04. The monoisotopic (exact) mass is 591 g/mol. The van der Waals surface area contributed by atoms with Gasteiger partial charge >= 0.3 is 12.1 Å². The molecule has 4 rings (SSSR count). The third kappa shape index (κ3) is 5.52. The summed E-state index contributed by atoms with van der Waals surface area (Å²) in [6.45, 7) is -0.609. The Hall–Kier alpha value is -3.47. The molecule has 17 heteroatoms. The molecular weight excluding hydrogens is 575 g/mol. The fraction of sp³-hybridized carbons (Fsp3) is 0.238. The molecule has 2 aromatic heterocycles. The molecule has 1 saturated heterocycles. The van der Waals surface area contributed by atoms with Gasteiger partial charge in [0.2, 0.25) is 5.91 Å². The van der Waals surface area contributed by atoms with Crippen molar-refractivity contribution in [2.75, 3.05) is 6.54 Å². The van der Waals surface area contributed by atoms with Gasteiger partial charge in [-0.15, -0.1) is 11.3 Å². The van der Waals surface area contributed by atoms with E-state index in [1.807, 2.05) is 0 Å². The number of nitrogens with two attached hydrogens (primary N) is 1. The number of phenolic OH excluding ortho intramolecular Hbond substituents is 1. The maximum absolute atomic E-state index is 13.0. The number of ether oxygens (including phenoxy) is 1. The molecule has 1 aliphatic heterocycles. The molecular formula is C21H17ClF3N5O6S2. The van der Waals surface area contributed by atoms with Crippen molar-refractivity contribution in [3.63, 3.8) is 0 Å². The Morgan fingerprint density at radius 1 is 1.34 bits per heavy atom. The summed E-state index contributed by atoms with van der Waals surface area (Å²) in [6, 6.07) is 5.06. The number of nitrogen functional groups attached to an aromatic ring is 1. The first-order valence-electron chi connectivity index (χ1n) is 10.5. The second-order valence-corrected chi connectivity index (χ2v) is 11.5. The van der Waals surface area contributed by atoms with Crippen LogP contribution in [0.15, 0.2) is 34.5 Å². The number of alkyl halides is 3. The van der Waals surface area contributed by atoms with Gasteiger partial charge in [-0.25, -0.2) is 18.2 Å². The van der Waals surface area contributed by atoms with Gasteiger partial charge in [0.15, 0.2) is 0 Å². The van der Waals surface area contributed by atoms with Crippen LogP contribution in [0, 0.1) is 5.41 Å². The highest BCUT2D eigenvalue weighted by atomic mass is 35.5. The number of hydrogen-bond acceptors (Lipinski definition) is 9. The number of pyridine rings is 1. The molecule has 0 radical (unpaired) electrons. The van der Waals surface area contributed by atoms with Crippen molar-refractivity contribution >= 4 is 60.9 Å². The maximum atomic E-state index is 13.0. The number of hydrogen-bond donors (Lipinski definition) is 4. The second kappa shape index (κ2) is 10.0. The molecule has 38 heavy (non-hydrogen) atoms. The van der Waals surface area contributed by atoms with Crippen LogP contribution in [-0.4, -0.2) is 59.9 Å². The van der Waals surface area contributed by atoms with Crippen LogP contribution in [0.3, 0.4) is 0 Å². The van der Waals surface area contributed by atoms with E-state index in [0.717, 1.165) is 28.4 Å². The largest absolute Gasteiger partial charge is 0.507 e. The van der Waals surface area contributed by atoms with Gasteiger partial charge in [0.05, 0.1) is 27.9 Å². The molecule has 1 aliphatic rings. The molecule has 0 aliphatic carbocycles. The third-order valence-electron chi connectivity index (χ3n) is 5.49. The van der Waals surface area contributed by atoms with E-state index in [2.05, 4.69) is 14.4 Å². The van der Waals surface area contributed by atoms with E-state index in [0.29, 0.717) is 10.2 Å². The fourth-order valence-corrected chi connectivity index (χ4v) is 6.41. The number of carbonyl (C=O) groups excluding carboxylic acids is 2. The number of nitrogens with one attached hydrogen (secondary N) is 2. The fourth-order valence-electron chi connectivity index (χ4n) is 3.69. The van der Waals surface area contributed by atoms with Crippen molar-refractivity contribution in [3.8, 4) is 11.5 Å². The van der Waals surface area contributed by atoms with Gasteiger partial charge in [0, 0.05) is 6.54 Å². The van der Waals surface area contributed by atoms with Crippen LogP contribution in [0.5, 0.6) is 11.5 Å². The van der Waals surface area contributed by atoms with Crippen molar-refractivity contribution in [1.29, 1.82) is 5.41 Å². The first kappa shape index (κ1) is 27.6. The van der Waals surface area contributed by atoms with Crippen molar-refractivity contribution in [1.82, 2.24) is 14.6 Å². The van der Waals surface area contributed by atoms with E-state index in [4.69, 9.17) is 22.7 Å². The minimum atomic E-state index is -5.34. The highest BCUT2D eigenvalue weighted by Crippen LogP contribution is 2.35. The predicted octanol–water partition coefficient (Wildman–Crippen LogP) is 2.49. The lowest BCUT2D eigenvalue weighted by Crippen LogP contribution is -2.41. The van der Waals surface area contributed by atoms with Crippen molar-refractivity contribution < 1.29 is 41.0 Å². The third-order valence-corrected chi connectivity index (χ3v) is 8.74. The van der Waals surface area contributed by atoms with Crippen LogP contribution in [0.2, 0.25) is 5.15 Å². The molecule has 202 valence electrons. The summed E-state index contributed by atoms with van der Waals surface area (Å²) in [6.07, 6.45) is -5.34. The van der Waals surface area contributed by atoms with E-state index in [1.165, 1.54) is 12.1 Å². The smallest absolute Gasteiger partial charge is 0.491 e. The number of fused-ring (bicyclic) bond motifs is 1. The zero-order valence-electron chi connectivity index (χ0n) is 18.9. The lowest BCUT2D eigenvalue weighted by atomic mass is 10.1. The number of phenols is 1. The summed E-state index contributed by atoms with van der Waals surface area (Å²) in [4.78, 5) is 29.5. The summed E-state index contributed by atoms with van der Waals surface area (Å²) in [5.74, 6) is -5.40. The summed E-state index contributed by atoms with van der Waals surface area (Å²) >= 11 is 6.75. The van der Waals surface area contributed by atoms with E-state index in [-0.39, 0.29) is 27.9 Å². The van der Waals surface area contributed by atoms with Gasteiger partial charge in [-0.1, -0.05) is 11.6 Å². The van der Waals surface area contributed by atoms with Crippen molar-refractivity contribution in [2.45, 2.75) is 29.4 Å². The Morgan fingerprint density at radius 3 is 2.71 bits per heavy atom. The molecule has 0 spiro atoms. The van der Waals surface area contributed by atoms with Crippen LogP contribution in [-0.2, 0) is 26.2 Å². The molecule has 0 saturated carbocycles. The standard InChI is InChI=1S/C21H17ClF3N5O6S2/c22-15-4-3-14-12(28-15)7-16(37-14)38(34,35)29-11-5-6-30(19(11)32)8-10-13(36-20(33)21(23,24)25)2-1-9(17(10)31)18(26)27/h1-4,7,11,29,31H,5-6,8H2,(H3,26,27)/t11-/m0/s1. The molecule has 5 N–H and O–H groups in total. The summed E-state index contributed by atoms with van der Waals surface area (Å²) in [7, 11) is -4.16. The molecule has 11 nitrogen and oxygen atoms in total. The Morgan fingerprint density at radius 2 is 2.05 bits per heavy atom. The van der Waals surface area contributed by atoms with Crippen LogP contribution in [0.25, 0.3) is 10.2 Å². The Labute approximate surface area is 221 Å². The van der Waals surface area contributed by atoms with Crippen LogP contribution in [0.4, 0.5) is 13.2 Å². The number of carbonyl (C=O) groups is 2. The number of esters is 1. The van der Waals surface area contributed by atoms with Gasteiger partial charge in [0.1, 0.15) is 32.7 Å². The van der Waals surface area contributed by atoms with E-state index >= 15 is 0 Å². The van der Waals surface area contributed by atoms with Gasteiger partial charge in [0.25, 0.3) is 10.0 Å². The van der Waals surface area contributed by atoms with Crippen molar-refractivity contribution in [3.05, 3.63) is 46.6 Å². The van der Waals surface area contributed by atoms with Crippen LogP contribution >= 0.6 is 22.9 Å². The maximum Gasteiger partial charge on any atom is 0.491 e. The molecule has 1 fully saturated rings. The summed E-state index contributed by atoms with van der Waals surface area (Å²) in [5, 5.41) is 18.2. The average molecular weight is 592 g/mol. The molecule has 0 unspecified atom stereocenters. The number of sulfonamides is 1. The number of thiophene rings is 1. The van der Waals surface area contributed by atoms with E-state index in [1.54, 1.807) is 6.07 Å². The number of likely N-dealkylation sites (tertiary alicyclic amines) is 1.